The maximum Gasteiger partial charge on any atom is 0.151 e. The van der Waals surface area contributed by atoms with Crippen LogP contribution in [-0.4, -0.2) is 39.1 Å². The van der Waals surface area contributed by atoms with E-state index in [0.717, 1.165) is 31.7 Å². The average Bonchev–Trinajstić information content (AvgIpc) is 2.50. The van der Waals surface area contributed by atoms with Crippen LogP contribution in [-0.2, 0) is 15.3 Å². The molecule has 0 aliphatic carbocycles. The lowest BCUT2D eigenvalue weighted by atomic mass is 9.84. The highest BCUT2D eigenvalue weighted by Crippen LogP contribution is 2.25. The summed E-state index contributed by atoms with van der Waals surface area (Å²) in [6.07, 6.45) is 1.71. The molecule has 0 spiro atoms. The summed E-state index contributed by atoms with van der Waals surface area (Å²) in [5.74, 6) is 2.02. The molecule has 4 nitrogen and oxygen atoms in total. The van der Waals surface area contributed by atoms with E-state index < -0.39 is 9.84 Å². The summed E-state index contributed by atoms with van der Waals surface area (Å²) in [5.41, 5.74) is 1.17. The quantitative estimate of drug-likeness (QED) is 0.818. The Morgan fingerprint density at radius 1 is 1.25 bits per heavy atom. The number of hydrogen-bond acceptors (Lipinski definition) is 4. The summed E-state index contributed by atoms with van der Waals surface area (Å²) < 4.78 is 29.2. The van der Waals surface area contributed by atoms with Crippen LogP contribution in [0.3, 0.4) is 0 Å². The Kier molecular flexibility index (Phi) is 6.32. The number of rotatable bonds is 7. The van der Waals surface area contributed by atoms with Crippen LogP contribution in [0.1, 0.15) is 46.1 Å². The predicted octanol–water partition coefficient (Wildman–Crippen LogP) is 3.17. The zero-order chi connectivity index (χ0) is 17.8. The van der Waals surface area contributed by atoms with Crippen molar-refractivity contribution in [2.24, 2.45) is 5.92 Å². The topological polar surface area (TPSA) is 55.4 Å². The zero-order valence-electron chi connectivity index (χ0n) is 15.3. The lowest BCUT2D eigenvalue weighted by Gasteiger charge is -2.30. The third-order valence-corrected chi connectivity index (χ3v) is 6.34. The van der Waals surface area contributed by atoms with Gasteiger partial charge in [-0.25, -0.2) is 8.42 Å². The zero-order valence-corrected chi connectivity index (χ0v) is 16.2. The Balaban J connectivity index is 1.92. The first-order chi connectivity index (χ1) is 11.2. The van der Waals surface area contributed by atoms with Gasteiger partial charge in [-0.05, 0) is 36.5 Å². The molecule has 1 atom stereocenters. The van der Waals surface area contributed by atoms with Crippen molar-refractivity contribution in [1.82, 2.24) is 5.32 Å². The molecule has 24 heavy (non-hydrogen) atoms. The normalized spacial score (nSPS) is 21.0. The molecule has 0 bridgehead atoms. The molecule has 1 aromatic carbocycles. The molecule has 136 valence electrons. The van der Waals surface area contributed by atoms with Gasteiger partial charge in [0.05, 0.1) is 18.1 Å². The maximum absolute atomic E-state index is 11.7. The van der Waals surface area contributed by atoms with Crippen LogP contribution in [0, 0.1) is 5.92 Å². The van der Waals surface area contributed by atoms with Crippen molar-refractivity contribution in [3.8, 4) is 5.75 Å². The van der Waals surface area contributed by atoms with Gasteiger partial charge in [-0.1, -0.05) is 39.8 Å². The molecule has 1 fully saturated rings. The molecule has 1 saturated heterocycles. The first kappa shape index (κ1) is 19.3. The van der Waals surface area contributed by atoms with Crippen LogP contribution in [0.5, 0.6) is 5.75 Å². The first-order valence-corrected chi connectivity index (χ1v) is 10.7. The van der Waals surface area contributed by atoms with Crippen molar-refractivity contribution in [2.45, 2.75) is 52.0 Å². The Bertz CT molecular complexity index is 621. The Morgan fingerprint density at radius 2 is 1.92 bits per heavy atom. The molecular weight excluding hydrogens is 322 g/mol. The Hall–Kier alpha value is -1.07. The van der Waals surface area contributed by atoms with Gasteiger partial charge in [0.2, 0.25) is 0 Å². The molecule has 0 radical (unpaired) electrons. The molecule has 1 heterocycles. The number of benzene rings is 1. The molecule has 1 aliphatic heterocycles. The van der Waals surface area contributed by atoms with Crippen molar-refractivity contribution >= 4 is 9.84 Å². The molecule has 1 aliphatic rings. The summed E-state index contributed by atoms with van der Waals surface area (Å²) >= 11 is 0. The van der Waals surface area contributed by atoms with Gasteiger partial charge in [0.25, 0.3) is 0 Å². The van der Waals surface area contributed by atoms with E-state index in [1.807, 2.05) is 12.1 Å². The molecule has 0 saturated carbocycles. The molecule has 1 N–H and O–H groups in total. The van der Waals surface area contributed by atoms with Crippen LogP contribution in [0.25, 0.3) is 0 Å². The van der Waals surface area contributed by atoms with Crippen LogP contribution < -0.4 is 10.1 Å². The van der Waals surface area contributed by atoms with Crippen molar-refractivity contribution in [1.29, 1.82) is 0 Å². The first-order valence-electron chi connectivity index (χ1n) is 8.85. The minimum absolute atomic E-state index is 0.0578. The lowest BCUT2D eigenvalue weighted by Crippen LogP contribution is -2.45. The second-order valence-corrected chi connectivity index (χ2v) is 10.2. The number of nitrogens with one attached hydrogen (secondary N) is 1. The van der Waals surface area contributed by atoms with E-state index >= 15 is 0 Å². The molecule has 1 aromatic rings. The fraction of sp³-hybridized carbons (Fsp3) is 0.684. The van der Waals surface area contributed by atoms with Gasteiger partial charge >= 0.3 is 0 Å². The number of sulfone groups is 1. The second-order valence-electron chi connectivity index (χ2n) is 7.95. The summed E-state index contributed by atoms with van der Waals surface area (Å²) in [4.78, 5) is 0. The average molecular weight is 354 g/mol. The van der Waals surface area contributed by atoms with Crippen LogP contribution in [0.15, 0.2) is 24.3 Å². The molecule has 2 rings (SSSR count). The minimum Gasteiger partial charge on any atom is -0.493 e. The molecule has 0 amide bonds. The van der Waals surface area contributed by atoms with E-state index in [1.54, 1.807) is 0 Å². The third-order valence-electron chi connectivity index (χ3n) is 4.51. The fourth-order valence-electron chi connectivity index (χ4n) is 2.95. The summed E-state index contributed by atoms with van der Waals surface area (Å²) in [5, 5.41) is 3.46. The lowest BCUT2D eigenvalue weighted by molar-refractivity contribution is 0.271. The van der Waals surface area contributed by atoms with E-state index in [1.165, 1.54) is 5.56 Å². The van der Waals surface area contributed by atoms with Crippen molar-refractivity contribution < 1.29 is 13.2 Å². The molecular formula is C19H31NO3S. The van der Waals surface area contributed by atoms with E-state index in [-0.39, 0.29) is 17.2 Å². The second kappa shape index (κ2) is 7.87. The van der Waals surface area contributed by atoms with Crippen molar-refractivity contribution in [3.05, 3.63) is 29.8 Å². The highest BCUT2D eigenvalue weighted by molar-refractivity contribution is 7.91. The fourth-order valence-corrected chi connectivity index (χ4v) is 4.62. The van der Waals surface area contributed by atoms with Gasteiger partial charge in [0.1, 0.15) is 5.75 Å². The van der Waals surface area contributed by atoms with Gasteiger partial charge in [0.15, 0.2) is 9.84 Å². The summed E-state index contributed by atoms with van der Waals surface area (Å²) in [6, 6.07) is 8.33. The predicted molar refractivity (Wildman–Crippen MR) is 99.5 cm³/mol. The van der Waals surface area contributed by atoms with Gasteiger partial charge < -0.3 is 10.1 Å². The third kappa shape index (κ3) is 5.78. The van der Waals surface area contributed by atoms with Crippen molar-refractivity contribution in [2.75, 3.05) is 24.7 Å². The maximum atomic E-state index is 11.7. The highest BCUT2D eigenvalue weighted by atomic mass is 32.2. The largest absolute Gasteiger partial charge is 0.493 e. The van der Waals surface area contributed by atoms with E-state index in [4.69, 9.17) is 4.74 Å². The van der Waals surface area contributed by atoms with Crippen LogP contribution >= 0.6 is 0 Å². The minimum atomic E-state index is -2.86. The molecule has 1 unspecified atom stereocenters. The monoisotopic (exact) mass is 353 g/mol. The molecule has 0 aromatic heterocycles. The molecule has 5 heteroatoms. The van der Waals surface area contributed by atoms with Gasteiger partial charge in [0, 0.05) is 18.0 Å². The number of ether oxygens (including phenoxy) is 1. The van der Waals surface area contributed by atoms with Crippen LogP contribution in [0.4, 0.5) is 0 Å². The number of hydrogen-bond donors (Lipinski definition) is 1. The van der Waals surface area contributed by atoms with E-state index in [2.05, 4.69) is 45.1 Å². The van der Waals surface area contributed by atoms with Gasteiger partial charge in [-0.3, -0.25) is 0 Å². The SMILES string of the molecule is CC(C)COc1ccc(C(C)(C)CNC2CCCS(=O)(=O)C2)cc1. The Labute approximate surface area is 146 Å². The van der Waals surface area contributed by atoms with E-state index in [9.17, 15) is 8.42 Å². The highest BCUT2D eigenvalue weighted by Gasteiger charge is 2.27. The van der Waals surface area contributed by atoms with Crippen LogP contribution in [0.2, 0.25) is 0 Å². The van der Waals surface area contributed by atoms with E-state index in [0.29, 0.717) is 11.7 Å². The summed E-state index contributed by atoms with van der Waals surface area (Å²) in [7, 11) is -2.86. The van der Waals surface area contributed by atoms with Crippen molar-refractivity contribution in [3.63, 3.8) is 0 Å². The smallest absolute Gasteiger partial charge is 0.151 e. The Morgan fingerprint density at radius 3 is 2.50 bits per heavy atom. The van der Waals surface area contributed by atoms with Gasteiger partial charge in [-0.2, -0.15) is 0 Å². The standard InChI is InChI=1S/C19H31NO3S/c1-15(2)12-23-18-9-7-16(8-10-18)19(3,4)14-20-17-6-5-11-24(21,22)13-17/h7-10,15,17,20H,5-6,11-14H2,1-4H3. The summed E-state index contributed by atoms with van der Waals surface area (Å²) in [6.45, 7) is 10.1. The van der Waals surface area contributed by atoms with Gasteiger partial charge in [-0.15, -0.1) is 0 Å².